The van der Waals surface area contributed by atoms with Gasteiger partial charge in [0.25, 0.3) is 11.8 Å². The minimum absolute atomic E-state index is 0.0848. The van der Waals surface area contributed by atoms with Crippen molar-refractivity contribution in [1.82, 2.24) is 20.0 Å². The van der Waals surface area contributed by atoms with Gasteiger partial charge in [0.1, 0.15) is 0 Å². The first-order chi connectivity index (χ1) is 13.8. The number of amides is 1. The van der Waals surface area contributed by atoms with Crippen LogP contribution in [0, 0.1) is 0 Å². The molecule has 0 radical (unpaired) electrons. The van der Waals surface area contributed by atoms with Crippen molar-refractivity contribution in [3.63, 3.8) is 0 Å². The minimum atomic E-state index is -0.407. The smallest absolute Gasteiger partial charge is 0.257 e. The van der Waals surface area contributed by atoms with Gasteiger partial charge in [-0.25, -0.2) is 0 Å². The number of aryl methyl sites for hydroxylation is 1. The molecule has 3 aromatic rings. The average molecular weight is 396 g/mol. The van der Waals surface area contributed by atoms with E-state index in [1.165, 1.54) is 16.9 Å². The van der Waals surface area contributed by atoms with Crippen molar-refractivity contribution in [3.8, 4) is 11.4 Å². The molecule has 2 aliphatic rings. The Morgan fingerprint density at radius 1 is 1.21 bits per heavy atom. The fourth-order valence-electron chi connectivity index (χ4n) is 3.81. The van der Waals surface area contributed by atoms with Gasteiger partial charge in [0.2, 0.25) is 5.82 Å². The average Bonchev–Trinajstić information content (AvgIpc) is 3.42. The molecule has 28 heavy (non-hydrogen) atoms. The summed E-state index contributed by atoms with van der Waals surface area (Å²) in [5.41, 5.74) is 2.95. The van der Waals surface area contributed by atoms with E-state index in [-0.39, 0.29) is 5.91 Å². The van der Waals surface area contributed by atoms with E-state index in [9.17, 15) is 4.79 Å². The number of morpholine rings is 1. The maximum Gasteiger partial charge on any atom is 0.257 e. The van der Waals surface area contributed by atoms with Crippen LogP contribution in [0.1, 0.15) is 45.6 Å². The molecule has 144 valence electrons. The third-order valence-corrected chi connectivity index (χ3v) is 6.39. The highest BCUT2D eigenvalue weighted by molar-refractivity contribution is 7.10. The number of fused-ring (bicyclic) bond motifs is 1. The van der Waals surface area contributed by atoms with Crippen LogP contribution >= 0.6 is 11.3 Å². The first kappa shape index (κ1) is 17.5. The summed E-state index contributed by atoms with van der Waals surface area (Å²) >= 11 is 1.72. The Labute approximate surface area is 166 Å². The van der Waals surface area contributed by atoms with E-state index in [0.29, 0.717) is 31.4 Å². The molecule has 1 fully saturated rings. The molecule has 8 heteroatoms. The standard InChI is InChI=1S/C20H20N4O3S/c25-20(15-12-28-17-4-2-1-3-14(15)17)24-9-10-26-16(11-24)19-22-18(23-27-19)13-5-7-21-8-6-13/h5-8,12,16H,1-4,9-11H2. The van der Waals surface area contributed by atoms with Crippen molar-refractivity contribution in [3.05, 3.63) is 51.8 Å². The van der Waals surface area contributed by atoms with Crippen LogP contribution in [0.4, 0.5) is 0 Å². The van der Waals surface area contributed by atoms with Gasteiger partial charge in [-0.05, 0) is 43.4 Å². The molecule has 3 aromatic heterocycles. The van der Waals surface area contributed by atoms with E-state index >= 15 is 0 Å². The van der Waals surface area contributed by atoms with Crippen LogP contribution in [0.3, 0.4) is 0 Å². The summed E-state index contributed by atoms with van der Waals surface area (Å²) in [5.74, 6) is 0.981. The summed E-state index contributed by atoms with van der Waals surface area (Å²) in [7, 11) is 0. The molecular weight excluding hydrogens is 376 g/mol. The van der Waals surface area contributed by atoms with Gasteiger partial charge in [0.15, 0.2) is 6.10 Å². The van der Waals surface area contributed by atoms with Crippen molar-refractivity contribution in [2.45, 2.75) is 31.8 Å². The molecule has 0 N–H and O–H groups in total. The fourth-order valence-corrected chi connectivity index (χ4v) is 4.93. The maximum absolute atomic E-state index is 13.1. The molecule has 1 unspecified atom stereocenters. The molecule has 1 amide bonds. The monoisotopic (exact) mass is 396 g/mol. The normalized spacial score (nSPS) is 19.4. The summed E-state index contributed by atoms with van der Waals surface area (Å²) in [5, 5.41) is 6.07. The topological polar surface area (TPSA) is 81.4 Å². The first-order valence-corrected chi connectivity index (χ1v) is 10.4. The van der Waals surface area contributed by atoms with Crippen LogP contribution in [0.5, 0.6) is 0 Å². The number of aromatic nitrogens is 3. The molecule has 1 saturated heterocycles. The van der Waals surface area contributed by atoms with Gasteiger partial charge in [0, 0.05) is 34.8 Å². The second-order valence-corrected chi connectivity index (χ2v) is 8.03. The molecule has 0 bridgehead atoms. The lowest BCUT2D eigenvalue weighted by atomic mass is 9.95. The van der Waals surface area contributed by atoms with Gasteiger partial charge in [-0.3, -0.25) is 9.78 Å². The van der Waals surface area contributed by atoms with Gasteiger partial charge in [-0.2, -0.15) is 4.98 Å². The lowest BCUT2D eigenvalue weighted by Gasteiger charge is -2.31. The zero-order valence-electron chi connectivity index (χ0n) is 15.3. The lowest BCUT2D eigenvalue weighted by molar-refractivity contribution is -0.0367. The third-order valence-electron chi connectivity index (χ3n) is 5.30. The molecule has 0 spiro atoms. The Balaban J connectivity index is 1.33. The zero-order valence-corrected chi connectivity index (χ0v) is 16.2. The van der Waals surface area contributed by atoms with Crippen LogP contribution < -0.4 is 0 Å². The molecule has 1 aliphatic carbocycles. The number of thiophene rings is 1. The van der Waals surface area contributed by atoms with E-state index in [1.54, 1.807) is 23.7 Å². The number of carbonyl (C=O) groups is 1. The molecule has 1 aliphatic heterocycles. The number of hydrogen-bond acceptors (Lipinski definition) is 7. The van der Waals surface area contributed by atoms with E-state index in [4.69, 9.17) is 9.26 Å². The number of pyridine rings is 1. The number of carbonyl (C=O) groups excluding carboxylic acids is 1. The van der Waals surface area contributed by atoms with E-state index in [1.807, 2.05) is 22.4 Å². The molecule has 7 nitrogen and oxygen atoms in total. The largest absolute Gasteiger partial charge is 0.365 e. The second kappa shape index (κ2) is 7.44. The zero-order chi connectivity index (χ0) is 18.9. The highest BCUT2D eigenvalue weighted by atomic mass is 32.1. The molecule has 4 heterocycles. The molecule has 0 aromatic carbocycles. The van der Waals surface area contributed by atoms with Gasteiger partial charge >= 0.3 is 0 Å². The summed E-state index contributed by atoms with van der Waals surface area (Å²) < 4.78 is 11.2. The van der Waals surface area contributed by atoms with Crippen molar-refractivity contribution < 1.29 is 14.1 Å². The fraction of sp³-hybridized carbons (Fsp3) is 0.400. The molecule has 0 saturated carbocycles. The van der Waals surface area contributed by atoms with Crippen molar-refractivity contribution in [1.29, 1.82) is 0 Å². The van der Waals surface area contributed by atoms with Crippen LogP contribution in [0.15, 0.2) is 34.4 Å². The summed E-state index contributed by atoms with van der Waals surface area (Å²) in [6, 6.07) is 3.65. The second-order valence-electron chi connectivity index (χ2n) is 7.06. The predicted molar refractivity (Wildman–Crippen MR) is 103 cm³/mol. The Morgan fingerprint density at radius 2 is 2.07 bits per heavy atom. The lowest BCUT2D eigenvalue weighted by Crippen LogP contribution is -2.42. The minimum Gasteiger partial charge on any atom is -0.365 e. The summed E-state index contributed by atoms with van der Waals surface area (Å²) in [6.45, 7) is 1.45. The van der Waals surface area contributed by atoms with Gasteiger partial charge in [-0.1, -0.05) is 5.16 Å². The van der Waals surface area contributed by atoms with Crippen LogP contribution in [-0.4, -0.2) is 45.6 Å². The van der Waals surface area contributed by atoms with Gasteiger partial charge in [-0.15, -0.1) is 11.3 Å². The van der Waals surface area contributed by atoms with E-state index in [0.717, 1.165) is 30.4 Å². The SMILES string of the molecule is O=C(c1csc2c1CCCC2)N1CCOC(c2nc(-c3ccncc3)no2)C1. The van der Waals surface area contributed by atoms with Crippen molar-refractivity contribution in [2.24, 2.45) is 0 Å². The van der Waals surface area contributed by atoms with Crippen LogP contribution in [-0.2, 0) is 17.6 Å². The Bertz CT molecular complexity index is 985. The number of ether oxygens (including phenoxy) is 1. The quantitative estimate of drug-likeness (QED) is 0.676. The Morgan fingerprint density at radius 3 is 2.96 bits per heavy atom. The Hall–Kier alpha value is -2.58. The number of rotatable bonds is 3. The van der Waals surface area contributed by atoms with E-state index in [2.05, 4.69) is 15.1 Å². The molecular formula is C20H20N4O3S. The molecule has 1 atom stereocenters. The van der Waals surface area contributed by atoms with Crippen LogP contribution in [0.2, 0.25) is 0 Å². The number of nitrogens with zero attached hydrogens (tertiary/aromatic N) is 4. The summed E-state index contributed by atoms with van der Waals surface area (Å²) in [6.07, 6.45) is 7.45. The van der Waals surface area contributed by atoms with Gasteiger partial charge in [0.05, 0.1) is 18.7 Å². The predicted octanol–water partition coefficient (Wildman–Crippen LogP) is 3.29. The highest BCUT2D eigenvalue weighted by Gasteiger charge is 2.32. The van der Waals surface area contributed by atoms with Gasteiger partial charge < -0.3 is 14.2 Å². The highest BCUT2D eigenvalue weighted by Crippen LogP contribution is 2.32. The van der Waals surface area contributed by atoms with Crippen LogP contribution in [0.25, 0.3) is 11.4 Å². The van der Waals surface area contributed by atoms with Crippen molar-refractivity contribution >= 4 is 17.2 Å². The summed E-state index contributed by atoms with van der Waals surface area (Å²) in [4.78, 5) is 24.8. The Kier molecular flexibility index (Phi) is 4.66. The van der Waals surface area contributed by atoms with E-state index < -0.39 is 6.10 Å². The number of hydrogen-bond donors (Lipinski definition) is 0. The molecule has 5 rings (SSSR count). The maximum atomic E-state index is 13.1. The first-order valence-electron chi connectivity index (χ1n) is 9.54. The van der Waals surface area contributed by atoms with Crippen molar-refractivity contribution in [2.75, 3.05) is 19.7 Å². The third kappa shape index (κ3) is 3.22.